The molecule has 2 fully saturated rings. The third-order valence-corrected chi connectivity index (χ3v) is 6.96. The molecule has 1 aliphatic carbocycles. The van der Waals surface area contributed by atoms with Crippen molar-refractivity contribution in [2.45, 2.75) is 57.8 Å². The van der Waals surface area contributed by atoms with E-state index in [0.29, 0.717) is 19.0 Å². The first-order valence-corrected chi connectivity index (χ1v) is 11.3. The molecule has 29 heavy (non-hydrogen) atoms. The standard InChI is InChI=1S/C23H33N3O3/c27-22(28)16-25-11-9-19(10-12-25)23(29)26-13-7-17(8-14-26)15-20-6-5-18-3-1-2-4-21(18)24-20/h5-6,17,19H,1-4,7-16H2,(H,27,28). The summed E-state index contributed by atoms with van der Waals surface area (Å²) >= 11 is 0. The quantitative estimate of drug-likeness (QED) is 0.824. The molecule has 2 saturated heterocycles. The molecule has 0 atom stereocenters. The Morgan fingerprint density at radius 1 is 1.00 bits per heavy atom. The third-order valence-electron chi connectivity index (χ3n) is 6.96. The molecule has 0 bridgehead atoms. The molecule has 1 aromatic heterocycles. The first-order valence-electron chi connectivity index (χ1n) is 11.3. The molecule has 158 valence electrons. The van der Waals surface area contributed by atoms with Crippen molar-refractivity contribution in [3.8, 4) is 0 Å². The van der Waals surface area contributed by atoms with Crippen molar-refractivity contribution >= 4 is 11.9 Å². The lowest BCUT2D eigenvalue weighted by Crippen LogP contribution is -2.46. The first-order chi connectivity index (χ1) is 14.1. The Kier molecular flexibility index (Phi) is 6.48. The number of nitrogens with zero attached hydrogens (tertiary/aromatic N) is 3. The molecular formula is C23H33N3O3. The summed E-state index contributed by atoms with van der Waals surface area (Å²) in [6, 6.07) is 4.50. The van der Waals surface area contributed by atoms with Crippen LogP contribution >= 0.6 is 0 Å². The van der Waals surface area contributed by atoms with Gasteiger partial charge in [0.2, 0.25) is 5.91 Å². The SMILES string of the molecule is O=C(O)CN1CCC(C(=O)N2CCC(Cc3ccc4c(n3)CCCC4)CC2)CC1. The highest BCUT2D eigenvalue weighted by Crippen LogP contribution is 2.26. The van der Waals surface area contributed by atoms with E-state index >= 15 is 0 Å². The van der Waals surface area contributed by atoms with Gasteiger partial charge in [0.25, 0.3) is 0 Å². The predicted octanol–water partition coefficient (Wildman–Crippen LogP) is 2.54. The van der Waals surface area contributed by atoms with Crippen LogP contribution in [0.15, 0.2) is 12.1 Å². The molecule has 1 aromatic rings. The van der Waals surface area contributed by atoms with Crippen molar-refractivity contribution in [1.29, 1.82) is 0 Å². The monoisotopic (exact) mass is 399 g/mol. The van der Waals surface area contributed by atoms with Crippen LogP contribution in [0.2, 0.25) is 0 Å². The number of carboxylic acids is 1. The number of fused-ring (bicyclic) bond motifs is 1. The van der Waals surface area contributed by atoms with Crippen LogP contribution in [0.25, 0.3) is 0 Å². The number of rotatable bonds is 5. The number of aromatic nitrogens is 1. The van der Waals surface area contributed by atoms with Crippen LogP contribution in [0, 0.1) is 11.8 Å². The van der Waals surface area contributed by atoms with Gasteiger partial charge in [0.15, 0.2) is 0 Å². The molecule has 0 saturated carbocycles. The van der Waals surface area contributed by atoms with Crippen LogP contribution in [0.4, 0.5) is 0 Å². The molecule has 0 radical (unpaired) electrons. The highest BCUT2D eigenvalue weighted by Gasteiger charge is 2.31. The third kappa shape index (κ3) is 5.16. The van der Waals surface area contributed by atoms with E-state index < -0.39 is 5.97 Å². The number of piperidine rings is 2. The van der Waals surface area contributed by atoms with Gasteiger partial charge >= 0.3 is 5.97 Å². The Balaban J connectivity index is 1.23. The van der Waals surface area contributed by atoms with Crippen LogP contribution in [0.3, 0.4) is 0 Å². The Hall–Kier alpha value is -1.95. The summed E-state index contributed by atoms with van der Waals surface area (Å²) in [5, 5.41) is 8.91. The summed E-state index contributed by atoms with van der Waals surface area (Å²) in [5.74, 6) is 0.181. The van der Waals surface area contributed by atoms with E-state index in [1.807, 2.05) is 9.80 Å². The second kappa shape index (κ2) is 9.24. The second-order valence-corrected chi connectivity index (χ2v) is 9.03. The van der Waals surface area contributed by atoms with Crippen molar-refractivity contribution in [1.82, 2.24) is 14.8 Å². The minimum absolute atomic E-state index is 0.0684. The van der Waals surface area contributed by atoms with Gasteiger partial charge in [-0.2, -0.15) is 0 Å². The Labute approximate surface area is 173 Å². The van der Waals surface area contributed by atoms with Gasteiger partial charge in [-0.25, -0.2) is 0 Å². The van der Waals surface area contributed by atoms with Crippen molar-refractivity contribution in [3.63, 3.8) is 0 Å². The lowest BCUT2D eigenvalue weighted by atomic mass is 9.89. The van der Waals surface area contributed by atoms with Gasteiger partial charge in [0.1, 0.15) is 0 Å². The molecule has 3 aliphatic rings. The van der Waals surface area contributed by atoms with Gasteiger partial charge in [-0.15, -0.1) is 0 Å². The van der Waals surface area contributed by atoms with E-state index in [1.165, 1.54) is 36.2 Å². The van der Waals surface area contributed by atoms with E-state index in [2.05, 4.69) is 12.1 Å². The number of aliphatic carboxylic acids is 1. The summed E-state index contributed by atoms with van der Waals surface area (Å²) in [4.78, 5) is 32.6. The molecule has 0 spiro atoms. The maximum absolute atomic E-state index is 12.9. The number of carbonyl (C=O) groups excluding carboxylic acids is 1. The van der Waals surface area contributed by atoms with Crippen LogP contribution in [0.5, 0.6) is 0 Å². The van der Waals surface area contributed by atoms with E-state index in [9.17, 15) is 9.59 Å². The second-order valence-electron chi connectivity index (χ2n) is 9.03. The van der Waals surface area contributed by atoms with Gasteiger partial charge in [0, 0.05) is 30.4 Å². The molecule has 2 aliphatic heterocycles. The van der Waals surface area contributed by atoms with Crippen LogP contribution in [-0.4, -0.2) is 64.5 Å². The molecule has 3 heterocycles. The predicted molar refractivity (Wildman–Crippen MR) is 111 cm³/mol. The van der Waals surface area contributed by atoms with Gasteiger partial charge in [-0.05, 0) is 88.4 Å². The summed E-state index contributed by atoms with van der Waals surface area (Å²) in [6.07, 6.45) is 9.57. The molecule has 1 N–H and O–H groups in total. The number of amides is 1. The number of carboxylic acid groups (broad SMARTS) is 1. The van der Waals surface area contributed by atoms with Crippen molar-refractivity contribution < 1.29 is 14.7 Å². The number of pyridine rings is 1. The average molecular weight is 400 g/mol. The lowest BCUT2D eigenvalue weighted by molar-refractivity contribution is -0.140. The topological polar surface area (TPSA) is 73.7 Å². The van der Waals surface area contributed by atoms with Gasteiger partial charge < -0.3 is 10.0 Å². The Morgan fingerprint density at radius 2 is 1.72 bits per heavy atom. The van der Waals surface area contributed by atoms with E-state index in [-0.39, 0.29) is 18.4 Å². The normalized spacial score (nSPS) is 21.7. The molecule has 0 unspecified atom stereocenters. The number of aryl methyl sites for hydroxylation is 2. The lowest BCUT2D eigenvalue weighted by Gasteiger charge is -2.37. The fraction of sp³-hybridized carbons (Fsp3) is 0.696. The van der Waals surface area contributed by atoms with E-state index in [0.717, 1.165) is 51.6 Å². The summed E-state index contributed by atoms with van der Waals surface area (Å²) in [5.41, 5.74) is 3.98. The van der Waals surface area contributed by atoms with Gasteiger partial charge in [0.05, 0.1) is 6.54 Å². The summed E-state index contributed by atoms with van der Waals surface area (Å²) < 4.78 is 0. The minimum atomic E-state index is -0.787. The minimum Gasteiger partial charge on any atom is -0.480 e. The zero-order valence-electron chi connectivity index (χ0n) is 17.3. The maximum atomic E-state index is 12.9. The molecule has 1 amide bonds. The number of hydrogen-bond acceptors (Lipinski definition) is 4. The van der Waals surface area contributed by atoms with Crippen molar-refractivity contribution in [2.75, 3.05) is 32.7 Å². The van der Waals surface area contributed by atoms with E-state index in [1.54, 1.807) is 0 Å². The number of likely N-dealkylation sites (tertiary alicyclic amines) is 2. The first kappa shape index (κ1) is 20.3. The molecule has 4 rings (SSSR count). The van der Waals surface area contributed by atoms with Gasteiger partial charge in [-0.3, -0.25) is 19.5 Å². The Bertz CT molecular complexity index is 735. The van der Waals surface area contributed by atoms with Crippen molar-refractivity contribution in [2.24, 2.45) is 11.8 Å². The van der Waals surface area contributed by atoms with Gasteiger partial charge in [-0.1, -0.05) is 6.07 Å². The fourth-order valence-electron chi connectivity index (χ4n) is 5.18. The maximum Gasteiger partial charge on any atom is 0.317 e. The van der Waals surface area contributed by atoms with Crippen molar-refractivity contribution in [3.05, 3.63) is 29.1 Å². The number of carbonyl (C=O) groups is 2. The van der Waals surface area contributed by atoms with E-state index in [4.69, 9.17) is 10.1 Å². The summed E-state index contributed by atoms with van der Waals surface area (Å²) in [7, 11) is 0. The zero-order chi connectivity index (χ0) is 20.2. The smallest absolute Gasteiger partial charge is 0.317 e. The molecular weight excluding hydrogens is 366 g/mol. The molecule has 6 nitrogen and oxygen atoms in total. The zero-order valence-corrected chi connectivity index (χ0v) is 17.3. The largest absolute Gasteiger partial charge is 0.480 e. The Morgan fingerprint density at radius 3 is 2.45 bits per heavy atom. The van der Waals surface area contributed by atoms with Crippen LogP contribution in [-0.2, 0) is 28.9 Å². The average Bonchev–Trinajstić information content (AvgIpc) is 2.74. The van der Waals surface area contributed by atoms with Crippen LogP contribution < -0.4 is 0 Å². The highest BCUT2D eigenvalue weighted by molar-refractivity contribution is 5.79. The molecule has 6 heteroatoms. The molecule has 0 aromatic carbocycles. The fourth-order valence-corrected chi connectivity index (χ4v) is 5.18. The highest BCUT2D eigenvalue weighted by atomic mass is 16.4. The number of hydrogen-bond donors (Lipinski definition) is 1. The summed E-state index contributed by atoms with van der Waals surface area (Å²) in [6.45, 7) is 3.21. The van der Waals surface area contributed by atoms with Crippen LogP contribution in [0.1, 0.15) is 55.5 Å².